The minimum absolute atomic E-state index is 0.423. The number of ether oxygens (including phenoxy) is 2. The van der Waals surface area contributed by atoms with Gasteiger partial charge < -0.3 is 20.0 Å². The largest absolute Gasteiger partial charge is 0.493 e. The van der Waals surface area contributed by atoms with E-state index >= 15 is 0 Å². The first-order chi connectivity index (χ1) is 11.7. The van der Waals surface area contributed by atoms with E-state index in [2.05, 4.69) is 5.16 Å². The van der Waals surface area contributed by atoms with E-state index in [1.54, 1.807) is 14.2 Å². The zero-order valence-electron chi connectivity index (χ0n) is 14.0. The van der Waals surface area contributed by atoms with Crippen LogP contribution in [0.1, 0.15) is 29.5 Å². The normalized spacial score (nSPS) is 15.0. The first kappa shape index (κ1) is 16.2. The van der Waals surface area contributed by atoms with Crippen molar-refractivity contribution in [1.29, 1.82) is 0 Å². The first-order valence-electron chi connectivity index (χ1n) is 8.00. The van der Waals surface area contributed by atoms with Gasteiger partial charge in [-0.25, -0.2) is 0 Å². The lowest BCUT2D eigenvalue weighted by atomic mass is 9.89. The summed E-state index contributed by atoms with van der Waals surface area (Å²) < 4.78 is 10.8. The van der Waals surface area contributed by atoms with Crippen LogP contribution in [0.4, 0.5) is 5.69 Å². The summed E-state index contributed by atoms with van der Waals surface area (Å²) in [6.45, 7) is 0.423. The summed E-state index contributed by atoms with van der Waals surface area (Å²) >= 11 is 0. The zero-order valence-corrected chi connectivity index (χ0v) is 14.0. The second kappa shape index (κ2) is 7.25. The van der Waals surface area contributed by atoms with Crippen LogP contribution < -0.4 is 15.2 Å². The molecule has 0 saturated heterocycles. The number of aryl methyl sites for hydroxylation is 1. The Morgan fingerprint density at radius 2 is 1.71 bits per heavy atom. The van der Waals surface area contributed by atoms with Gasteiger partial charge in [0.05, 0.1) is 19.9 Å². The van der Waals surface area contributed by atoms with E-state index in [0.717, 1.165) is 47.5 Å². The number of anilines is 1. The lowest BCUT2D eigenvalue weighted by molar-refractivity contribution is 0.130. The van der Waals surface area contributed by atoms with Crippen molar-refractivity contribution in [3.63, 3.8) is 0 Å². The summed E-state index contributed by atoms with van der Waals surface area (Å²) in [6.07, 6.45) is 2.95. The van der Waals surface area contributed by atoms with Crippen LogP contribution >= 0.6 is 0 Å². The van der Waals surface area contributed by atoms with Gasteiger partial charge in [-0.05, 0) is 54.7 Å². The van der Waals surface area contributed by atoms with E-state index in [4.69, 9.17) is 20.0 Å². The molecule has 1 aliphatic rings. The topological polar surface area (TPSA) is 66.1 Å². The van der Waals surface area contributed by atoms with Gasteiger partial charge in [0.1, 0.15) is 6.61 Å². The number of rotatable bonds is 5. The number of methoxy groups -OCH3 is 2. The maximum Gasteiger partial charge on any atom is 0.161 e. The molecule has 0 unspecified atom stereocenters. The number of nitrogens with zero attached hydrogens (tertiary/aromatic N) is 1. The molecule has 2 aromatic carbocycles. The molecule has 126 valence electrons. The quantitative estimate of drug-likeness (QED) is 0.674. The summed E-state index contributed by atoms with van der Waals surface area (Å²) in [5.74, 6) is 1.46. The second-order valence-corrected chi connectivity index (χ2v) is 5.77. The van der Waals surface area contributed by atoms with Gasteiger partial charge in [0, 0.05) is 11.3 Å². The number of nitrogens with two attached hydrogens (primary N) is 1. The Kier molecular flexibility index (Phi) is 4.89. The summed E-state index contributed by atoms with van der Waals surface area (Å²) in [4.78, 5) is 5.56. The van der Waals surface area contributed by atoms with Gasteiger partial charge in [-0.1, -0.05) is 17.3 Å². The summed E-state index contributed by atoms with van der Waals surface area (Å²) in [7, 11) is 3.29. The molecule has 2 N–H and O–H groups in total. The van der Waals surface area contributed by atoms with Crippen molar-refractivity contribution in [1.82, 2.24) is 0 Å². The van der Waals surface area contributed by atoms with E-state index in [-0.39, 0.29) is 0 Å². The van der Waals surface area contributed by atoms with Crippen LogP contribution in [-0.4, -0.2) is 19.9 Å². The van der Waals surface area contributed by atoms with Crippen molar-refractivity contribution >= 4 is 11.4 Å². The number of nitrogen functional groups attached to an aromatic ring is 1. The minimum Gasteiger partial charge on any atom is -0.493 e. The predicted octanol–water partition coefficient (Wildman–Crippen LogP) is 3.54. The van der Waals surface area contributed by atoms with Crippen LogP contribution in [-0.2, 0) is 17.9 Å². The first-order valence-corrected chi connectivity index (χ1v) is 8.00. The van der Waals surface area contributed by atoms with Gasteiger partial charge in [0.25, 0.3) is 0 Å². The molecule has 0 radical (unpaired) electrons. The Balaban J connectivity index is 1.79. The molecule has 0 fully saturated rings. The van der Waals surface area contributed by atoms with Gasteiger partial charge >= 0.3 is 0 Å². The molecule has 0 spiro atoms. The van der Waals surface area contributed by atoms with Crippen molar-refractivity contribution in [2.45, 2.75) is 25.9 Å². The van der Waals surface area contributed by atoms with Crippen LogP contribution in [0.2, 0.25) is 0 Å². The third kappa shape index (κ3) is 3.45. The fraction of sp³-hybridized carbons (Fsp3) is 0.316. The molecule has 24 heavy (non-hydrogen) atoms. The molecule has 0 bridgehead atoms. The smallest absolute Gasteiger partial charge is 0.161 e. The van der Waals surface area contributed by atoms with E-state index in [1.165, 1.54) is 5.56 Å². The average Bonchev–Trinajstić information content (AvgIpc) is 2.62. The van der Waals surface area contributed by atoms with Crippen LogP contribution in [0, 0.1) is 0 Å². The number of oxime groups is 1. The fourth-order valence-electron chi connectivity index (χ4n) is 2.87. The van der Waals surface area contributed by atoms with Gasteiger partial charge in [-0.3, -0.25) is 0 Å². The maximum atomic E-state index is 5.69. The monoisotopic (exact) mass is 326 g/mol. The lowest BCUT2D eigenvalue weighted by Crippen LogP contribution is -2.13. The molecular weight excluding hydrogens is 304 g/mol. The summed E-state index contributed by atoms with van der Waals surface area (Å²) in [6, 6.07) is 11.6. The van der Waals surface area contributed by atoms with Gasteiger partial charge in [0.15, 0.2) is 11.5 Å². The number of benzene rings is 2. The summed E-state index contributed by atoms with van der Waals surface area (Å²) in [5, 5.41) is 4.36. The highest BCUT2D eigenvalue weighted by Gasteiger charge is 2.20. The van der Waals surface area contributed by atoms with Gasteiger partial charge in [0.2, 0.25) is 0 Å². The molecule has 0 aromatic heterocycles. The van der Waals surface area contributed by atoms with Crippen LogP contribution in [0.25, 0.3) is 0 Å². The Hall–Kier alpha value is -2.69. The van der Waals surface area contributed by atoms with Crippen LogP contribution in [0.5, 0.6) is 11.5 Å². The third-order valence-corrected chi connectivity index (χ3v) is 4.17. The molecule has 0 saturated carbocycles. The molecule has 0 atom stereocenters. The zero-order chi connectivity index (χ0) is 16.9. The standard InChI is InChI=1S/C19H22N2O3/c1-22-18-10-14-4-3-5-17(16(14)11-19(18)23-2)21-24-12-13-6-8-15(20)9-7-13/h6-11H,3-5,12,20H2,1-2H3/b21-17+. The Labute approximate surface area is 142 Å². The van der Waals surface area contributed by atoms with Crippen LogP contribution in [0.3, 0.4) is 0 Å². The average molecular weight is 326 g/mol. The second-order valence-electron chi connectivity index (χ2n) is 5.77. The number of hydrogen-bond donors (Lipinski definition) is 1. The SMILES string of the molecule is COc1cc2c(cc1OC)/C(=N/OCc1ccc(N)cc1)CCC2. The Morgan fingerprint density at radius 1 is 1.00 bits per heavy atom. The van der Waals surface area contributed by atoms with Crippen molar-refractivity contribution in [3.8, 4) is 11.5 Å². The van der Waals surface area contributed by atoms with Crippen molar-refractivity contribution in [2.24, 2.45) is 5.16 Å². The Morgan fingerprint density at radius 3 is 2.42 bits per heavy atom. The van der Waals surface area contributed by atoms with E-state index in [9.17, 15) is 0 Å². The molecule has 5 nitrogen and oxygen atoms in total. The molecular formula is C19H22N2O3. The highest BCUT2D eigenvalue weighted by atomic mass is 16.6. The molecule has 2 aromatic rings. The molecule has 1 aliphatic carbocycles. The number of fused-ring (bicyclic) bond motifs is 1. The van der Waals surface area contributed by atoms with Crippen molar-refractivity contribution in [2.75, 3.05) is 20.0 Å². The highest BCUT2D eigenvalue weighted by Crippen LogP contribution is 2.34. The van der Waals surface area contributed by atoms with Crippen LogP contribution in [0.15, 0.2) is 41.6 Å². The van der Waals surface area contributed by atoms with E-state index in [0.29, 0.717) is 12.4 Å². The highest BCUT2D eigenvalue weighted by molar-refractivity contribution is 6.03. The lowest BCUT2D eigenvalue weighted by Gasteiger charge is -2.20. The fourth-order valence-corrected chi connectivity index (χ4v) is 2.87. The molecule has 0 heterocycles. The van der Waals surface area contributed by atoms with Crippen molar-refractivity contribution < 1.29 is 14.3 Å². The third-order valence-electron chi connectivity index (χ3n) is 4.17. The predicted molar refractivity (Wildman–Crippen MR) is 94.7 cm³/mol. The Bertz CT molecular complexity index is 739. The summed E-state index contributed by atoms with van der Waals surface area (Å²) in [5.41, 5.74) is 10.7. The molecule has 0 aliphatic heterocycles. The van der Waals surface area contributed by atoms with E-state index in [1.807, 2.05) is 36.4 Å². The van der Waals surface area contributed by atoms with Gasteiger partial charge in [-0.2, -0.15) is 0 Å². The number of hydrogen-bond acceptors (Lipinski definition) is 5. The molecule has 5 heteroatoms. The van der Waals surface area contributed by atoms with Gasteiger partial charge in [-0.15, -0.1) is 0 Å². The minimum atomic E-state index is 0.423. The molecule has 0 amide bonds. The molecule has 3 rings (SSSR count). The maximum absolute atomic E-state index is 5.69. The van der Waals surface area contributed by atoms with E-state index < -0.39 is 0 Å². The van der Waals surface area contributed by atoms with Crippen molar-refractivity contribution in [3.05, 3.63) is 53.1 Å².